The van der Waals surface area contributed by atoms with Crippen molar-refractivity contribution in [1.82, 2.24) is 4.98 Å². The first-order valence-electron chi connectivity index (χ1n) is 8.82. The van der Waals surface area contributed by atoms with E-state index in [-0.39, 0.29) is 5.92 Å². The van der Waals surface area contributed by atoms with Gasteiger partial charge in [-0.3, -0.25) is 0 Å². The number of rotatable bonds is 3. The Hall–Kier alpha value is -2.62. The Morgan fingerprint density at radius 1 is 1.00 bits per heavy atom. The van der Waals surface area contributed by atoms with Crippen LogP contribution >= 0.6 is 22.7 Å². The van der Waals surface area contributed by atoms with Crippen LogP contribution in [0.1, 0.15) is 54.9 Å². The van der Waals surface area contributed by atoms with Crippen LogP contribution in [-0.2, 0) is 0 Å². The lowest BCUT2D eigenvalue weighted by Crippen LogP contribution is -2.00. The van der Waals surface area contributed by atoms with E-state index in [1.807, 2.05) is 12.1 Å². The van der Waals surface area contributed by atoms with Crippen molar-refractivity contribution in [3.63, 3.8) is 0 Å². The van der Waals surface area contributed by atoms with Crippen LogP contribution in [0.15, 0.2) is 30.3 Å². The second-order valence-electron chi connectivity index (χ2n) is 7.02. The summed E-state index contributed by atoms with van der Waals surface area (Å²) in [5.74, 6) is 0.474. The van der Waals surface area contributed by atoms with Crippen LogP contribution in [0.25, 0.3) is 20.3 Å². The molecule has 0 fully saturated rings. The fourth-order valence-electron chi connectivity index (χ4n) is 3.70. The van der Waals surface area contributed by atoms with Crippen LogP contribution in [0.3, 0.4) is 0 Å². The van der Waals surface area contributed by atoms with Crippen molar-refractivity contribution < 1.29 is 0 Å². The largest absolute Gasteiger partial charge is 0.389 e. The Balaban J connectivity index is 1.97. The van der Waals surface area contributed by atoms with Gasteiger partial charge in [-0.15, -0.1) is 11.3 Å². The van der Waals surface area contributed by atoms with Gasteiger partial charge in [0.1, 0.15) is 11.1 Å². The maximum Gasteiger partial charge on any atom is 0.181 e. The Morgan fingerprint density at radius 2 is 1.74 bits per heavy atom. The highest BCUT2D eigenvalue weighted by atomic mass is 32.1. The Bertz CT molecular complexity index is 1210. The molecule has 0 amide bonds. The predicted octanol–water partition coefficient (Wildman–Crippen LogP) is 5.82. The van der Waals surface area contributed by atoms with Gasteiger partial charge in [-0.1, -0.05) is 56.4 Å². The van der Waals surface area contributed by atoms with Crippen molar-refractivity contribution in [1.29, 1.82) is 5.26 Å². The van der Waals surface area contributed by atoms with Crippen LogP contribution in [0.5, 0.6) is 0 Å². The molecule has 2 aromatic heterocycles. The molecule has 0 aliphatic heterocycles. The number of nitriles is 1. The number of benzene rings is 2. The summed E-state index contributed by atoms with van der Waals surface area (Å²) < 4.78 is 2.18. The molecule has 0 saturated heterocycles. The van der Waals surface area contributed by atoms with Crippen molar-refractivity contribution in [2.24, 2.45) is 0 Å². The third kappa shape index (κ3) is 2.75. The number of nitrogen functional groups attached to an aromatic ring is 2. The van der Waals surface area contributed by atoms with Gasteiger partial charge in [0, 0.05) is 16.0 Å². The maximum atomic E-state index is 9.61. The average molecular weight is 393 g/mol. The SMILES string of the molecule is CC(C)c1ccc(C(C)c2cccc3sc(N)c(C#N)c23)c2sc(N)nc12. The van der Waals surface area contributed by atoms with Gasteiger partial charge in [-0.25, -0.2) is 4.98 Å². The highest BCUT2D eigenvalue weighted by Gasteiger charge is 2.22. The van der Waals surface area contributed by atoms with E-state index in [1.165, 1.54) is 33.8 Å². The minimum Gasteiger partial charge on any atom is -0.389 e. The van der Waals surface area contributed by atoms with Crippen LogP contribution in [0.2, 0.25) is 0 Å². The number of aromatic nitrogens is 1. The maximum absolute atomic E-state index is 9.61. The molecule has 6 heteroatoms. The fraction of sp³-hybridized carbons (Fsp3) is 0.238. The lowest BCUT2D eigenvalue weighted by atomic mass is 9.88. The van der Waals surface area contributed by atoms with Crippen molar-refractivity contribution in [3.05, 3.63) is 52.6 Å². The Kier molecular flexibility index (Phi) is 4.29. The van der Waals surface area contributed by atoms with E-state index in [0.29, 0.717) is 21.6 Å². The number of anilines is 2. The van der Waals surface area contributed by atoms with Gasteiger partial charge in [0.25, 0.3) is 0 Å². The van der Waals surface area contributed by atoms with E-state index in [9.17, 15) is 5.26 Å². The quantitative estimate of drug-likeness (QED) is 0.459. The molecule has 0 saturated carbocycles. The van der Waals surface area contributed by atoms with Gasteiger partial charge in [0.05, 0.1) is 15.8 Å². The standard InChI is InChI=1S/C21H20N4S2/c1-10(2)12-7-8-14(19-18(12)25-21(24)27-19)11(3)13-5-4-6-16-17(13)15(9-22)20(23)26-16/h4-8,10-11H,23H2,1-3H3,(H2,24,25). The van der Waals surface area contributed by atoms with E-state index < -0.39 is 0 Å². The summed E-state index contributed by atoms with van der Waals surface area (Å²) in [4.78, 5) is 4.60. The number of fused-ring (bicyclic) bond motifs is 2. The number of hydrogen-bond donors (Lipinski definition) is 2. The molecule has 136 valence electrons. The summed E-state index contributed by atoms with van der Waals surface area (Å²) in [6, 6.07) is 12.8. The zero-order chi connectivity index (χ0) is 19.3. The smallest absolute Gasteiger partial charge is 0.181 e. The molecule has 1 atom stereocenters. The summed E-state index contributed by atoms with van der Waals surface area (Å²) >= 11 is 3.00. The van der Waals surface area contributed by atoms with Crippen LogP contribution in [0, 0.1) is 11.3 Å². The number of nitrogens with zero attached hydrogens (tertiary/aromatic N) is 2. The van der Waals surface area contributed by atoms with Gasteiger partial charge in [0.15, 0.2) is 5.13 Å². The Morgan fingerprint density at radius 3 is 2.44 bits per heavy atom. The van der Waals surface area contributed by atoms with E-state index in [1.54, 1.807) is 0 Å². The zero-order valence-corrected chi connectivity index (χ0v) is 17.0. The highest BCUT2D eigenvalue weighted by molar-refractivity contribution is 7.23. The third-order valence-corrected chi connectivity index (χ3v) is 6.98. The summed E-state index contributed by atoms with van der Waals surface area (Å²) in [5, 5.41) is 11.7. The summed E-state index contributed by atoms with van der Waals surface area (Å²) in [7, 11) is 0. The van der Waals surface area contributed by atoms with Gasteiger partial charge in [-0.05, 0) is 28.7 Å². The number of hydrogen-bond acceptors (Lipinski definition) is 6. The van der Waals surface area contributed by atoms with Gasteiger partial charge in [-0.2, -0.15) is 5.26 Å². The van der Waals surface area contributed by atoms with Crippen molar-refractivity contribution in [2.75, 3.05) is 11.5 Å². The molecule has 0 aliphatic rings. The van der Waals surface area contributed by atoms with Gasteiger partial charge in [0.2, 0.25) is 0 Å². The van der Waals surface area contributed by atoms with Gasteiger partial charge >= 0.3 is 0 Å². The third-order valence-electron chi connectivity index (χ3n) is 5.06. The van der Waals surface area contributed by atoms with E-state index in [4.69, 9.17) is 11.5 Å². The molecular formula is C21H20N4S2. The molecule has 2 heterocycles. The molecule has 4 aromatic rings. The molecule has 4 nitrogen and oxygen atoms in total. The molecular weight excluding hydrogens is 372 g/mol. The van der Waals surface area contributed by atoms with Crippen molar-refractivity contribution in [3.8, 4) is 6.07 Å². The van der Waals surface area contributed by atoms with Crippen molar-refractivity contribution >= 4 is 53.1 Å². The lowest BCUT2D eigenvalue weighted by Gasteiger charge is -2.17. The molecule has 4 N–H and O–H groups in total. The lowest BCUT2D eigenvalue weighted by molar-refractivity contribution is 0.870. The van der Waals surface area contributed by atoms with Crippen molar-refractivity contribution in [2.45, 2.75) is 32.6 Å². The first kappa shape index (κ1) is 17.8. The normalized spacial score (nSPS) is 12.7. The summed E-state index contributed by atoms with van der Waals surface area (Å²) in [6.45, 7) is 6.51. The first-order valence-corrected chi connectivity index (χ1v) is 10.5. The van der Waals surface area contributed by atoms with E-state index in [2.05, 4.69) is 50.0 Å². The number of thiophene rings is 1. The predicted molar refractivity (Wildman–Crippen MR) is 117 cm³/mol. The van der Waals surface area contributed by atoms with Crippen LogP contribution in [0.4, 0.5) is 10.1 Å². The molecule has 1 unspecified atom stereocenters. The second-order valence-corrected chi connectivity index (χ2v) is 9.14. The monoisotopic (exact) mass is 392 g/mol. The molecule has 27 heavy (non-hydrogen) atoms. The fourth-order valence-corrected chi connectivity index (χ4v) is 5.63. The minimum absolute atomic E-state index is 0.0957. The summed E-state index contributed by atoms with van der Waals surface area (Å²) in [5.41, 5.74) is 17.2. The Labute approximate surface area is 166 Å². The highest BCUT2D eigenvalue weighted by Crippen LogP contribution is 2.43. The second kappa shape index (κ2) is 6.52. The molecule has 4 rings (SSSR count). The molecule has 2 aromatic carbocycles. The molecule has 0 spiro atoms. The van der Waals surface area contributed by atoms with E-state index >= 15 is 0 Å². The zero-order valence-electron chi connectivity index (χ0n) is 15.4. The topological polar surface area (TPSA) is 88.7 Å². The average Bonchev–Trinajstić information content (AvgIpc) is 3.17. The minimum atomic E-state index is 0.0957. The first-order chi connectivity index (χ1) is 12.9. The van der Waals surface area contributed by atoms with Crippen LogP contribution < -0.4 is 11.5 Å². The molecule has 0 radical (unpaired) electrons. The number of thiazole rings is 1. The van der Waals surface area contributed by atoms with Gasteiger partial charge < -0.3 is 11.5 Å². The molecule has 0 bridgehead atoms. The number of nitrogens with two attached hydrogens (primary N) is 2. The van der Waals surface area contributed by atoms with E-state index in [0.717, 1.165) is 25.9 Å². The molecule has 0 aliphatic carbocycles. The summed E-state index contributed by atoms with van der Waals surface area (Å²) in [6.07, 6.45) is 0. The van der Waals surface area contributed by atoms with Crippen LogP contribution in [-0.4, -0.2) is 4.98 Å².